The number of fused-ring (bicyclic) bond motifs is 2. The van der Waals surface area contributed by atoms with Crippen LogP contribution in [0, 0.1) is 6.92 Å². The SMILES string of the molecule is Cc1cccc2c1NC(c1cccc3c1OCO3)NC2=O. The van der Waals surface area contributed by atoms with Crippen LogP contribution in [0.25, 0.3) is 0 Å². The van der Waals surface area contributed by atoms with Gasteiger partial charge in [-0.1, -0.05) is 24.3 Å². The third-order valence-corrected chi connectivity index (χ3v) is 3.82. The number of para-hydroxylation sites is 2. The lowest BCUT2D eigenvalue weighted by Crippen LogP contribution is -2.38. The van der Waals surface area contributed by atoms with Gasteiger partial charge in [0.15, 0.2) is 11.5 Å². The van der Waals surface area contributed by atoms with E-state index in [1.54, 1.807) is 0 Å². The number of carbonyl (C=O) groups is 1. The minimum Gasteiger partial charge on any atom is -0.454 e. The van der Waals surface area contributed by atoms with Crippen molar-refractivity contribution in [2.24, 2.45) is 0 Å². The van der Waals surface area contributed by atoms with Crippen molar-refractivity contribution >= 4 is 11.6 Å². The number of nitrogens with one attached hydrogen (secondary N) is 2. The number of amides is 1. The minimum absolute atomic E-state index is 0.0889. The Hall–Kier alpha value is -2.69. The summed E-state index contributed by atoms with van der Waals surface area (Å²) in [5, 5.41) is 6.33. The average Bonchev–Trinajstić information content (AvgIpc) is 2.96. The molecule has 0 aromatic heterocycles. The topological polar surface area (TPSA) is 59.6 Å². The monoisotopic (exact) mass is 282 g/mol. The number of aryl methyl sites for hydroxylation is 1. The first kappa shape index (κ1) is 12.1. The zero-order valence-corrected chi connectivity index (χ0v) is 11.5. The van der Waals surface area contributed by atoms with E-state index in [0.29, 0.717) is 17.1 Å². The third-order valence-electron chi connectivity index (χ3n) is 3.82. The van der Waals surface area contributed by atoms with Crippen molar-refractivity contribution in [3.8, 4) is 11.5 Å². The number of benzene rings is 2. The van der Waals surface area contributed by atoms with Gasteiger partial charge in [-0.15, -0.1) is 0 Å². The number of hydrogen-bond acceptors (Lipinski definition) is 4. The number of hydrogen-bond donors (Lipinski definition) is 2. The number of anilines is 1. The van der Waals surface area contributed by atoms with Crippen LogP contribution in [0.2, 0.25) is 0 Å². The second kappa shape index (κ2) is 4.41. The maximum absolute atomic E-state index is 12.3. The molecule has 0 bridgehead atoms. The highest BCUT2D eigenvalue weighted by Crippen LogP contribution is 2.40. The molecule has 4 rings (SSSR count). The molecule has 2 aliphatic heterocycles. The van der Waals surface area contributed by atoms with E-state index >= 15 is 0 Å². The molecular formula is C16H14N2O3. The molecule has 21 heavy (non-hydrogen) atoms. The molecule has 1 atom stereocenters. The number of ether oxygens (including phenoxy) is 2. The van der Waals surface area contributed by atoms with Gasteiger partial charge in [0.05, 0.1) is 11.3 Å². The van der Waals surface area contributed by atoms with Crippen molar-refractivity contribution in [1.29, 1.82) is 0 Å². The van der Waals surface area contributed by atoms with Crippen molar-refractivity contribution < 1.29 is 14.3 Å². The first-order chi connectivity index (χ1) is 10.2. The second-order valence-corrected chi connectivity index (χ2v) is 5.13. The smallest absolute Gasteiger partial charge is 0.255 e. The maximum atomic E-state index is 12.3. The first-order valence-electron chi connectivity index (χ1n) is 6.79. The summed E-state index contributed by atoms with van der Waals surface area (Å²) >= 11 is 0. The molecular weight excluding hydrogens is 268 g/mol. The van der Waals surface area contributed by atoms with Gasteiger partial charge < -0.3 is 20.1 Å². The van der Waals surface area contributed by atoms with E-state index in [-0.39, 0.29) is 18.9 Å². The van der Waals surface area contributed by atoms with Crippen molar-refractivity contribution in [3.63, 3.8) is 0 Å². The van der Waals surface area contributed by atoms with Crippen molar-refractivity contribution in [3.05, 3.63) is 53.1 Å². The van der Waals surface area contributed by atoms with E-state index in [0.717, 1.165) is 16.8 Å². The van der Waals surface area contributed by atoms with Gasteiger partial charge in [-0.2, -0.15) is 0 Å². The van der Waals surface area contributed by atoms with Gasteiger partial charge in [-0.3, -0.25) is 4.79 Å². The molecule has 106 valence electrons. The van der Waals surface area contributed by atoms with Crippen LogP contribution in [0.5, 0.6) is 11.5 Å². The standard InChI is InChI=1S/C16H14N2O3/c1-9-4-2-5-10-13(9)17-15(18-16(10)19)11-6-3-7-12-14(11)21-8-20-12/h2-7,15,17H,8H2,1H3,(H,18,19). The van der Waals surface area contributed by atoms with Crippen LogP contribution in [0.4, 0.5) is 5.69 Å². The van der Waals surface area contributed by atoms with E-state index in [4.69, 9.17) is 9.47 Å². The van der Waals surface area contributed by atoms with Crippen molar-refractivity contribution in [2.75, 3.05) is 12.1 Å². The van der Waals surface area contributed by atoms with E-state index in [9.17, 15) is 4.79 Å². The zero-order chi connectivity index (χ0) is 14.4. The Morgan fingerprint density at radius 2 is 1.95 bits per heavy atom. The molecule has 2 aliphatic rings. The normalized spacial score (nSPS) is 18.7. The quantitative estimate of drug-likeness (QED) is 0.844. The van der Waals surface area contributed by atoms with Crippen molar-refractivity contribution in [1.82, 2.24) is 5.32 Å². The summed E-state index contributed by atoms with van der Waals surface area (Å²) in [6.07, 6.45) is -0.331. The van der Waals surface area contributed by atoms with Crippen LogP contribution in [-0.4, -0.2) is 12.7 Å². The molecule has 2 N–H and O–H groups in total. The Balaban J connectivity index is 1.78. The second-order valence-electron chi connectivity index (χ2n) is 5.13. The van der Waals surface area contributed by atoms with Crippen LogP contribution in [0.3, 0.4) is 0 Å². The first-order valence-corrected chi connectivity index (χ1v) is 6.79. The molecule has 5 nitrogen and oxygen atoms in total. The lowest BCUT2D eigenvalue weighted by atomic mass is 10.0. The highest BCUT2D eigenvalue weighted by atomic mass is 16.7. The molecule has 0 fully saturated rings. The van der Waals surface area contributed by atoms with Crippen LogP contribution >= 0.6 is 0 Å². The summed E-state index contributed by atoms with van der Waals surface area (Å²) in [5.74, 6) is 1.31. The number of carbonyl (C=O) groups excluding carboxylic acids is 1. The van der Waals surface area contributed by atoms with Gasteiger partial charge in [0.2, 0.25) is 6.79 Å². The molecule has 2 aromatic rings. The third kappa shape index (κ3) is 1.81. The summed E-state index contributed by atoms with van der Waals surface area (Å²) < 4.78 is 10.9. The van der Waals surface area contributed by atoms with Crippen LogP contribution in [0.1, 0.15) is 27.7 Å². The molecule has 0 saturated heterocycles. The Kier molecular flexibility index (Phi) is 2.54. The summed E-state index contributed by atoms with van der Waals surface area (Å²) in [6, 6.07) is 11.4. The van der Waals surface area contributed by atoms with Gasteiger partial charge >= 0.3 is 0 Å². The lowest BCUT2D eigenvalue weighted by molar-refractivity contribution is 0.0935. The maximum Gasteiger partial charge on any atom is 0.255 e. The van der Waals surface area contributed by atoms with Crippen LogP contribution < -0.4 is 20.1 Å². The van der Waals surface area contributed by atoms with Crippen LogP contribution in [0.15, 0.2) is 36.4 Å². The van der Waals surface area contributed by atoms with E-state index in [1.807, 2.05) is 43.3 Å². The fourth-order valence-corrected chi connectivity index (χ4v) is 2.77. The Labute approximate surface area is 121 Å². The summed E-state index contributed by atoms with van der Waals surface area (Å²) in [4.78, 5) is 12.3. The van der Waals surface area contributed by atoms with Crippen molar-refractivity contribution in [2.45, 2.75) is 13.1 Å². The summed E-state index contributed by atoms with van der Waals surface area (Å²) in [5.41, 5.74) is 3.43. The largest absolute Gasteiger partial charge is 0.454 e. The molecule has 1 amide bonds. The van der Waals surface area contributed by atoms with Crippen LogP contribution in [-0.2, 0) is 0 Å². The summed E-state index contributed by atoms with van der Waals surface area (Å²) in [6.45, 7) is 2.19. The van der Waals surface area contributed by atoms with Gasteiger partial charge in [0.1, 0.15) is 6.17 Å². The van der Waals surface area contributed by atoms with Gasteiger partial charge in [0, 0.05) is 5.56 Å². The molecule has 0 aliphatic carbocycles. The molecule has 1 unspecified atom stereocenters. The average molecular weight is 282 g/mol. The van der Waals surface area contributed by atoms with Gasteiger partial charge in [0.25, 0.3) is 5.91 Å². The van der Waals surface area contributed by atoms with Gasteiger partial charge in [-0.05, 0) is 24.6 Å². The van der Waals surface area contributed by atoms with E-state index in [1.165, 1.54) is 0 Å². The number of rotatable bonds is 1. The van der Waals surface area contributed by atoms with Gasteiger partial charge in [-0.25, -0.2) is 0 Å². The predicted octanol–water partition coefficient (Wildman–Crippen LogP) is 2.58. The fourth-order valence-electron chi connectivity index (χ4n) is 2.77. The minimum atomic E-state index is -0.331. The molecule has 0 spiro atoms. The Morgan fingerprint density at radius 3 is 2.86 bits per heavy atom. The highest BCUT2D eigenvalue weighted by Gasteiger charge is 2.29. The molecule has 0 saturated carbocycles. The molecule has 2 aromatic carbocycles. The summed E-state index contributed by atoms with van der Waals surface area (Å²) in [7, 11) is 0. The highest BCUT2D eigenvalue weighted by molar-refractivity contribution is 6.02. The van der Waals surface area contributed by atoms with E-state index in [2.05, 4.69) is 10.6 Å². The molecule has 5 heteroatoms. The Bertz CT molecular complexity index is 742. The fraction of sp³-hybridized carbons (Fsp3) is 0.188. The molecule has 0 radical (unpaired) electrons. The predicted molar refractivity (Wildman–Crippen MR) is 77.6 cm³/mol. The molecule has 2 heterocycles. The lowest BCUT2D eigenvalue weighted by Gasteiger charge is -2.29. The zero-order valence-electron chi connectivity index (χ0n) is 11.5. The Morgan fingerprint density at radius 1 is 1.10 bits per heavy atom. The van der Waals surface area contributed by atoms with E-state index < -0.39 is 0 Å².